The minimum absolute atomic E-state index is 0.0113. The van der Waals surface area contributed by atoms with Crippen LogP contribution in [0.3, 0.4) is 0 Å². The van der Waals surface area contributed by atoms with E-state index in [2.05, 4.69) is 0 Å². The number of likely N-dealkylation sites (tertiary alicyclic amines) is 1. The molecular formula is C27H33NO7. The number of nitrogens with zero attached hydrogens (tertiary/aromatic N) is 1. The number of rotatable bonds is 10. The van der Waals surface area contributed by atoms with Crippen molar-refractivity contribution in [1.29, 1.82) is 0 Å². The molecule has 1 aliphatic heterocycles. The Hall–Kier alpha value is -3.52. The van der Waals surface area contributed by atoms with Gasteiger partial charge in [-0.1, -0.05) is 19.9 Å². The zero-order chi connectivity index (χ0) is 25.7. The number of ketones is 1. The van der Waals surface area contributed by atoms with Crippen LogP contribution in [0, 0.1) is 0 Å². The third-order valence-corrected chi connectivity index (χ3v) is 6.00. The molecule has 0 saturated carbocycles. The van der Waals surface area contributed by atoms with Gasteiger partial charge in [0.25, 0.3) is 11.7 Å². The summed E-state index contributed by atoms with van der Waals surface area (Å²) in [5.41, 5.74) is 1.95. The molecule has 1 aliphatic rings. The van der Waals surface area contributed by atoms with Crippen LogP contribution in [0.1, 0.15) is 49.4 Å². The smallest absolute Gasteiger partial charge is 0.295 e. The molecule has 35 heavy (non-hydrogen) atoms. The number of Topliss-reactive ketones (excluding diaryl/α,β-unsaturated/α-hetero) is 1. The van der Waals surface area contributed by atoms with Crippen LogP contribution < -0.4 is 14.2 Å². The third kappa shape index (κ3) is 5.12. The van der Waals surface area contributed by atoms with Crippen molar-refractivity contribution in [2.75, 3.05) is 41.1 Å². The van der Waals surface area contributed by atoms with Gasteiger partial charge in [0.05, 0.1) is 39.0 Å². The Morgan fingerprint density at radius 3 is 2.29 bits per heavy atom. The molecule has 1 atom stereocenters. The van der Waals surface area contributed by atoms with E-state index in [9.17, 15) is 14.7 Å². The molecule has 1 N–H and O–H groups in total. The van der Waals surface area contributed by atoms with Crippen molar-refractivity contribution in [2.24, 2.45) is 0 Å². The molecular weight excluding hydrogens is 450 g/mol. The van der Waals surface area contributed by atoms with E-state index >= 15 is 0 Å². The summed E-state index contributed by atoms with van der Waals surface area (Å²) in [4.78, 5) is 27.7. The Morgan fingerprint density at radius 1 is 1.00 bits per heavy atom. The topological polar surface area (TPSA) is 94.5 Å². The van der Waals surface area contributed by atoms with Crippen LogP contribution in [-0.2, 0) is 14.3 Å². The van der Waals surface area contributed by atoms with Gasteiger partial charge in [0.2, 0.25) is 0 Å². The Morgan fingerprint density at radius 2 is 1.69 bits per heavy atom. The van der Waals surface area contributed by atoms with E-state index in [1.54, 1.807) is 36.4 Å². The maximum absolute atomic E-state index is 13.2. The number of aliphatic hydroxyl groups excluding tert-OH is 1. The number of benzene rings is 2. The molecule has 1 unspecified atom stereocenters. The largest absolute Gasteiger partial charge is 0.507 e. The van der Waals surface area contributed by atoms with Gasteiger partial charge in [-0.05, 0) is 54.3 Å². The molecule has 0 bridgehead atoms. The van der Waals surface area contributed by atoms with E-state index in [1.807, 2.05) is 20.8 Å². The summed E-state index contributed by atoms with van der Waals surface area (Å²) in [5, 5.41) is 11.4. The highest BCUT2D eigenvalue weighted by molar-refractivity contribution is 6.46. The summed E-state index contributed by atoms with van der Waals surface area (Å²) in [5.74, 6) is 0.111. The Balaban J connectivity index is 2.21. The highest BCUT2D eigenvalue weighted by atomic mass is 16.5. The van der Waals surface area contributed by atoms with E-state index in [1.165, 1.54) is 26.2 Å². The average molecular weight is 484 g/mol. The molecule has 2 aromatic carbocycles. The van der Waals surface area contributed by atoms with Gasteiger partial charge in [0.1, 0.15) is 11.5 Å². The second-order valence-electron chi connectivity index (χ2n) is 8.44. The maximum atomic E-state index is 13.2. The van der Waals surface area contributed by atoms with E-state index in [0.29, 0.717) is 29.2 Å². The second-order valence-corrected chi connectivity index (χ2v) is 8.44. The molecule has 1 fully saturated rings. The van der Waals surface area contributed by atoms with E-state index in [4.69, 9.17) is 18.9 Å². The van der Waals surface area contributed by atoms with Gasteiger partial charge in [0, 0.05) is 19.2 Å². The molecule has 1 heterocycles. The molecule has 3 rings (SSSR count). The van der Waals surface area contributed by atoms with Gasteiger partial charge >= 0.3 is 0 Å². The van der Waals surface area contributed by atoms with Crippen molar-refractivity contribution in [3.63, 3.8) is 0 Å². The van der Waals surface area contributed by atoms with Crippen molar-refractivity contribution in [3.8, 4) is 17.2 Å². The monoisotopic (exact) mass is 483 g/mol. The fourth-order valence-electron chi connectivity index (χ4n) is 4.26. The Labute approximate surface area is 206 Å². The van der Waals surface area contributed by atoms with Crippen molar-refractivity contribution >= 4 is 17.4 Å². The van der Waals surface area contributed by atoms with Crippen molar-refractivity contribution < 1.29 is 33.6 Å². The minimum atomic E-state index is -0.820. The molecule has 1 amide bonds. The number of hydrogen-bond acceptors (Lipinski definition) is 7. The first-order valence-corrected chi connectivity index (χ1v) is 11.5. The first-order valence-electron chi connectivity index (χ1n) is 11.5. The zero-order valence-electron chi connectivity index (χ0n) is 21.1. The summed E-state index contributed by atoms with van der Waals surface area (Å²) in [6.07, 6.45) is 0. The zero-order valence-corrected chi connectivity index (χ0v) is 21.1. The fourth-order valence-corrected chi connectivity index (χ4v) is 4.26. The van der Waals surface area contributed by atoms with Crippen LogP contribution in [0.5, 0.6) is 17.2 Å². The van der Waals surface area contributed by atoms with Crippen molar-refractivity contribution in [3.05, 3.63) is 58.7 Å². The lowest BCUT2D eigenvalue weighted by Crippen LogP contribution is -2.32. The second kappa shape index (κ2) is 11.3. The fraction of sp³-hybridized carbons (Fsp3) is 0.407. The minimum Gasteiger partial charge on any atom is -0.507 e. The van der Waals surface area contributed by atoms with Gasteiger partial charge in [-0.3, -0.25) is 9.59 Å². The molecule has 0 spiro atoms. The SMILES string of the molecule is CCOc1ccc(/C(O)=C2\C(=O)C(=O)N(CCOC)C2c2ccc(OC)c(OC)c2)cc1C(C)C. The number of methoxy groups -OCH3 is 3. The van der Waals surface area contributed by atoms with Gasteiger partial charge < -0.3 is 29.0 Å². The first-order chi connectivity index (χ1) is 16.8. The number of amides is 1. The van der Waals surface area contributed by atoms with Gasteiger partial charge in [-0.25, -0.2) is 0 Å². The molecule has 188 valence electrons. The Bertz CT molecular complexity index is 1120. The van der Waals surface area contributed by atoms with Crippen LogP contribution in [-0.4, -0.2) is 62.8 Å². The van der Waals surface area contributed by atoms with Crippen LogP contribution in [0.4, 0.5) is 0 Å². The highest BCUT2D eigenvalue weighted by Crippen LogP contribution is 2.42. The molecule has 1 saturated heterocycles. The van der Waals surface area contributed by atoms with Gasteiger partial charge in [-0.15, -0.1) is 0 Å². The van der Waals surface area contributed by atoms with Gasteiger partial charge in [0.15, 0.2) is 11.5 Å². The Kier molecular flexibility index (Phi) is 8.40. The van der Waals surface area contributed by atoms with Crippen LogP contribution in [0.15, 0.2) is 42.0 Å². The molecule has 2 aromatic rings. The van der Waals surface area contributed by atoms with E-state index < -0.39 is 17.7 Å². The standard InChI is InChI=1S/C27H33NO7/c1-7-35-20-10-9-18(14-19(20)16(2)3)25(29)23-24(28(12-13-32-4)27(31)26(23)30)17-8-11-21(33-5)22(15-17)34-6/h8-11,14-16,24,29H,7,12-13H2,1-6H3/b25-23+. The molecule has 8 heteroatoms. The lowest BCUT2D eigenvalue weighted by atomic mass is 9.93. The summed E-state index contributed by atoms with van der Waals surface area (Å²) >= 11 is 0. The quantitative estimate of drug-likeness (QED) is 0.306. The number of hydrogen-bond donors (Lipinski definition) is 1. The number of carbonyl (C=O) groups excluding carboxylic acids is 2. The van der Waals surface area contributed by atoms with E-state index in [0.717, 1.165) is 11.3 Å². The average Bonchev–Trinajstić information content (AvgIpc) is 3.11. The molecule has 0 aromatic heterocycles. The van der Waals surface area contributed by atoms with E-state index in [-0.39, 0.29) is 30.4 Å². The summed E-state index contributed by atoms with van der Waals surface area (Å²) < 4.78 is 21.7. The summed E-state index contributed by atoms with van der Waals surface area (Å²) in [6, 6.07) is 9.63. The van der Waals surface area contributed by atoms with Crippen LogP contribution >= 0.6 is 0 Å². The number of ether oxygens (including phenoxy) is 4. The summed E-state index contributed by atoms with van der Waals surface area (Å²) in [7, 11) is 4.56. The molecule has 8 nitrogen and oxygen atoms in total. The maximum Gasteiger partial charge on any atom is 0.295 e. The van der Waals surface area contributed by atoms with Crippen LogP contribution in [0.25, 0.3) is 5.76 Å². The van der Waals surface area contributed by atoms with Crippen LogP contribution in [0.2, 0.25) is 0 Å². The highest BCUT2D eigenvalue weighted by Gasteiger charge is 2.46. The third-order valence-electron chi connectivity index (χ3n) is 6.00. The molecule has 0 radical (unpaired) electrons. The number of carbonyl (C=O) groups is 2. The molecule has 0 aliphatic carbocycles. The predicted octanol–water partition coefficient (Wildman–Crippen LogP) is 4.29. The summed E-state index contributed by atoms with van der Waals surface area (Å²) in [6.45, 7) is 6.87. The lowest BCUT2D eigenvalue weighted by Gasteiger charge is -2.25. The van der Waals surface area contributed by atoms with Crippen molar-refractivity contribution in [2.45, 2.75) is 32.7 Å². The first kappa shape index (κ1) is 26.1. The predicted molar refractivity (Wildman–Crippen MR) is 132 cm³/mol. The van der Waals surface area contributed by atoms with Crippen molar-refractivity contribution in [1.82, 2.24) is 4.90 Å². The lowest BCUT2D eigenvalue weighted by molar-refractivity contribution is -0.140. The van der Waals surface area contributed by atoms with Gasteiger partial charge in [-0.2, -0.15) is 0 Å². The normalized spacial score (nSPS) is 17.2. The number of aliphatic hydroxyl groups is 1.